The first kappa shape index (κ1) is 15.1. The Morgan fingerprint density at radius 2 is 1.91 bits per heavy atom. The van der Waals surface area contributed by atoms with Crippen LogP contribution in [0.25, 0.3) is 6.08 Å². The molecule has 6 nitrogen and oxygen atoms in total. The molecule has 0 saturated carbocycles. The van der Waals surface area contributed by atoms with E-state index in [0.29, 0.717) is 5.56 Å². The summed E-state index contributed by atoms with van der Waals surface area (Å²) in [5.41, 5.74) is 1.45. The van der Waals surface area contributed by atoms with Gasteiger partial charge in [0.15, 0.2) is 5.70 Å². The Morgan fingerprint density at radius 3 is 2.57 bits per heavy atom. The van der Waals surface area contributed by atoms with E-state index in [4.69, 9.17) is 4.74 Å². The van der Waals surface area contributed by atoms with Crippen molar-refractivity contribution in [2.75, 3.05) is 0 Å². The average Bonchev–Trinajstić information content (AvgIpc) is 2.88. The van der Waals surface area contributed by atoms with Crippen molar-refractivity contribution in [3.63, 3.8) is 0 Å². The summed E-state index contributed by atoms with van der Waals surface area (Å²) in [5.74, 6) is -0.426. The number of halogens is 1. The van der Waals surface area contributed by atoms with Crippen molar-refractivity contribution in [2.24, 2.45) is 4.99 Å². The average molecular weight is 373 g/mol. The Hall–Kier alpha value is -2.80. The topological polar surface area (TPSA) is 81.8 Å². The highest BCUT2D eigenvalue weighted by atomic mass is 79.9. The third-order valence-electron chi connectivity index (χ3n) is 3.10. The van der Waals surface area contributed by atoms with Gasteiger partial charge in [-0.1, -0.05) is 28.1 Å². The highest BCUT2D eigenvalue weighted by Gasteiger charge is 2.24. The number of rotatable bonds is 3. The minimum absolute atomic E-state index is 0.0384. The number of hydrogen-bond donors (Lipinski definition) is 0. The molecule has 0 N–H and O–H groups in total. The summed E-state index contributed by atoms with van der Waals surface area (Å²) in [4.78, 5) is 26.2. The predicted octanol–water partition coefficient (Wildman–Crippen LogP) is 3.70. The van der Waals surface area contributed by atoms with Gasteiger partial charge in [-0.25, -0.2) is 9.79 Å². The molecular formula is C16H9BrN2O4. The molecule has 0 unspecified atom stereocenters. The van der Waals surface area contributed by atoms with E-state index >= 15 is 0 Å². The number of nitro benzene ring substituents is 1. The highest BCUT2D eigenvalue weighted by Crippen LogP contribution is 2.22. The second kappa shape index (κ2) is 6.13. The molecule has 0 bridgehead atoms. The van der Waals surface area contributed by atoms with Gasteiger partial charge in [-0.2, -0.15) is 0 Å². The number of benzene rings is 2. The molecule has 2 aromatic carbocycles. The fourth-order valence-corrected chi connectivity index (χ4v) is 2.43. The minimum Gasteiger partial charge on any atom is -0.402 e. The fraction of sp³-hybridized carbons (Fsp3) is 0. The molecule has 0 spiro atoms. The lowest BCUT2D eigenvalue weighted by atomic mass is 10.2. The van der Waals surface area contributed by atoms with Crippen LogP contribution >= 0.6 is 15.9 Å². The molecule has 0 atom stereocenters. The second-order valence-corrected chi connectivity index (χ2v) is 5.61. The van der Waals surface area contributed by atoms with Gasteiger partial charge in [0.25, 0.3) is 5.69 Å². The Morgan fingerprint density at radius 1 is 1.17 bits per heavy atom. The first-order chi connectivity index (χ1) is 11.0. The van der Waals surface area contributed by atoms with Crippen LogP contribution in [0.5, 0.6) is 0 Å². The lowest BCUT2D eigenvalue weighted by Crippen LogP contribution is -2.05. The number of ether oxygens (including phenoxy) is 1. The minimum atomic E-state index is -0.557. The zero-order chi connectivity index (χ0) is 16.4. The smallest absolute Gasteiger partial charge is 0.363 e. The Kier molecular flexibility index (Phi) is 4.03. The highest BCUT2D eigenvalue weighted by molar-refractivity contribution is 9.10. The van der Waals surface area contributed by atoms with E-state index in [1.54, 1.807) is 6.08 Å². The zero-order valence-corrected chi connectivity index (χ0v) is 13.2. The number of esters is 1. The van der Waals surface area contributed by atoms with Crippen molar-refractivity contribution in [3.05, 3.63) is 79.9 Å². The first-order valence-electron chi connectivity index (χ1n) is 6.56. The second-order valence-electron chi connectivity index (χ2n) is 4.70. The van der Waals surface area contributed by atoms with Crippen molar-refractivity contribution in [2.45, 2.75) is 0 Å². The number of carbonyl (C=O) groups excluding carboxylic acids is 1. The molecule has 0 radical (unpaired) electrons. The van der Waals surface area contributed by atoms with Gasteiger partial charge < -0.3 is 4.74 Å². The quantitative estimate of drug-likeness (QED) is 0.356. The summed E-state index contributed by atoms with van der Waals surface area (Å²) in [6, 6.07) is 13.1. The molecule has 1 heterocycles. The third kappa shape index (κ3) is 3.35. The molecule has 2 aromatic rings. The van der Waals surface area contributed by atoms with Crippen LogP contribution in [0.2, 0.25) is 0 Å². The fourth-order valence-electron chi connectivity index (χ4n) is 2.01. The zero-order valence-electron chi connectivity index (χ0n) is 11.6. The summed E-state index contributed by atoms with van der Waals surface area (Å²) < 4.78 is 6.01. The van der Waals surface area contributed by atoms with E-state index in [1.807, 2.05) is 24.3 Å². The van der Waals surface area contributed by atoms with Gasteiger partial charge in [-0.05, 0) is 35.9 Å². The molecule has 1 aliphatic rings. The number of hydrogen-bond acceptors (Lipinski definition) is 5. The van der Waals surface area contributed by atoms with Gasteiger partial charge in [-0.3, -0.25) is 10.1 Å². The number of carbonyl (C=O) groups is 1. The SMILES string of the molecule is O=C1OC(c2ccc([N+](=O)[O-])cc2)=N/C1=C\c1cccc(Br)c1. The Labute approximate surface area is 139 Å². The van der Waals surface area contributed by atoms with Crippen molar-refractivity contribution in [1.29, 1.82) is 0 Å². The number of nitrogens with zero attached hydrogens (tertiary/aromatic N) is 2. The van der Waals surface area contributed by atoms with E-state index < -0.39 is 10.9 Å². The van der Waals surface area contributed by atoms with Crippen molar-refractivity contribution < 1.29 is 14.5 Å². The van der Waals surface area contributed by atoms with E-state index in [2.05, 4.69) is 20.9 Å². The van der Waals surface area contributed by atoms with Crippen LogP contribution in [0.15, 0.2) is 63.7 Å². The summed E-state index contributed by atoms with van der Waals surface area (Å²) in [5, 5.41) is 10.6. The molecule has 0 aliphatic carbocycles. The maximum Gasteiger partial charge on any atom is 0.363 e. The van der Waals surface area contributed by atoms with Crippen molar-refractivity contribution in [3.8, 4) is 0 Å². The molecule has 1 aliphatic heterocycles. The molecule has 0 fully saturated rings. The standard InChI is InChI=1S/C16H9BrN2O4/c17-12-3-1-2-10(8-12)9-14-16(20)23-15(18-14)11-4-6-13(7-5-11)19(21)22/h1-9H/b14-9-. The molecule has 0 amide bonds. The van der Waals surface area contributed by atoms with Gasteiger partial charge >= 0.3 is 5.97 Å². The lowest BCUT2D eigenvalue weighted by molar-refractivity contribution is -0.384. The van der Waals surface area contributed by atoms with E-state index in [-0.39, 0.29) is 17.3 Å². The molecule has 7 heteroatoms. The van der Waals surface area contributed by atoms with Crippen LogP contribution in [0.3, 0.4) is 0 Å². The summed E-state index contributed by atoms with van der Waals surface area (Å²) in [7, 11) is 0. The molecular weight excluding hydrogens is 364 g/mol. The van der Waals surface area contributed by atoms with Crippen molar-refractivity contribution >= 4 is 39.6 Å². The van der Waals surface area contributed by atoms with Gasteiger partial charge in [-0.15, -0.1) is 0 Å². The van der Waals surface area contributed by atoms with Crippen LogP contribution in [-0.2, 0) is 9.53 Å². The van der Waals surface area contributed by atoms with Crippen LogP contribution in [0.4, 0.5) is 5.69 Å². The van der Waals surface area contributed by atoms with Gasteiger partial charge in [0.1, 0.15) is 0 Å². The lowest BCUT2D eigenvalue weighted by Gasteiger charge is -1.98. The maximum absolute atomic E-state index is 11.9. The normalized spacial score (nSPS) is 15.4. The van der Waals surface area contributed by atoms with E-state index in [1.165, 1.54) is 24.3 Å². The van der Waals surface area contributed by atoms with Gasteiger partial charge in [0, 0.05) is 22.2 Å². The van der Waals surface area contributed by atoms with E-state index in [9.17, 15) is 14.9 Å². The van der Waals surface area contributed by atoms with Gasteiger partial charge in [0.2, 0.25) is 5.90 Å². The van der Waals surface area contributed by atoms with Crippen LogP contribution < -0.4 is 0 Å². The Balaban J connectivity index is 1.90. The van der Waals surface area contributed by atoms with E-state index in [0.717, 1.165) is 10.0 Å². The molecule has 3 rings (SSSR count). The molecule has 114 valence electrons. The first-order valence-corrected chi connectivity index (χ1v) is 7.35. The third-order valence-corrected chi connectivity index (χ3v) is 3.59. The Bertz CT molecular complexity index is 857. The van der Waals surface area contributed by atoms with Crippen LogP contribution in [0, 0.1) is 10.1 Å². The maximum atomic E-state index is 11.9. The molecule has 0 saturated heterocycles. The summed E-state index contributed by atoms with van der Waals surface area (Å²) in [6.07, 6.45) is 1.62. The summed E-state index contributed by atoms with van der Waals surface area (Å²) >= 11 is 3.36. The number of nitro groups is 1. The molecule has 23 heavy (non-hydrogen) atoms. The summed E-state index contributed by atoms with van der Waals surface area (Å²) in [6.45, 7) is 0. The number of non-ortho nitro benzene ring substituents is 1. The van der Waals surface area contributed by atoms with Crippen LogP contribution in [0.1, 0.15) is 11.1 Å². The number of cyclic esters (lactones) is 1. The van der Waals surface area contributed by atoms with Crippen LogP contribution in [-0.4, -0.2) is 16.8 Å². The number of aliphatic imine (C=N–C) groups is 1. The van der Waals surface area contributed by atoms with Gasteiger partial charge in [0.05, 0.1) is 4.92 Å². The largest absolute Gasteiger partial charge is 0.402 e. The molecule has 0 aromatic heterocycles. The monoisotopic (exact) mass is 372 g/mol. The van der Waals surface area contributed by atoms with Crippen molar-refractivity contribution in [1.82, 2.24) is 0 Å². The predicted molar refractivity (Wildman–Crippen MR) is 87.8 cm³/mol.